The molecule has 0 radical (unpaired) electrons. The van der Waals surface area contributed by atoms with Gasteiger partial charge >= 0.3 is 0 Å². The van der Waals surface area contributed by atoms with Crippen LogP contribution in [0.25, 0.3) is 17.3 Å². The molecule has 0 spiro atoms. The minimum atomic E-state index is -0.705. The number of nitrogens with zero attached hydrogens (tertiary/aromatic N) is 2. The van der Waals surface area contributed by atoms with Gasteiger partial charge in [-0.05, 0) is 54.5 Å². The van der Waals surface area contributed by atoms with E-state index >= 15 is 0 Å². The Labute approximate surface area is 232 Å². The molecule has 39 heavy (non-hydrogen) atoms. The molecule has 9 nitrogen and oxygen atoms in total. The van der Waals surface area contributed by atoms with Crippen molar-refractivity contribution >= 4 is 41.6 Å². The van der Waals surface area contributed by atoms with Gasteiger partial charge in [-0.3, -0.25) is 24.4 Å². The highest BCUT2D eigenvalue weighted by molar-refractivity contribution is 6.36. The summed E-state index contributed by atoms with van der Waals surface area (Å²) < 4.78 is 14.7. The van der Waals surface area contributed by atoms with Gasteiger partial charge in [0.15, 0.2) is 0 Å². The van der Waals surface area contributed by atoms with Crippen LogP contribution in [0.1, 0.15) is 23.6 Å². The Bertz CT molecular complexity index is 1570. The van der Waals surface area contributed by atoms with Gasteiger partial charge in [-0.2, -0.15) is 0 Å². The maximum Gasteiger partial charge on any atom is 0.276 e. The number of allylic oxidation sites excluding steroid dienone is 3. The number of hydrogen-bond acceptors (Lipinski definition) is 5. The Morgan fingerprint density at radius 3 is 2.59 bits per heavy atom. The molecule has 1 heterocycles. The highest BCUT2D eigenvalue weighted by Gasteiger charge is 2.25. The summed E-state index contributed by atoms with van der Waals surface area (Å²) in [6, 6.07) is 9.72. The molecule has 0 bridgehead atoms. The molecule has 1 aromatic heterocycles. The molecule has 0 fully saturated rings. The van der Waals surface area contributed by atoms with Gasteiger partial charge in [0.25, 0.3) is 11.5 Å². The van der Waals surface area contributed by atoms with Crippen molar-refractivity contribution in [2.75, 3.05) is 7.05 Å². The van der Waals surface area contributed by atoms with Gasteiger partial charge < -0.3 is 5.32 Å². The van der Waals surface area contributed by atoms with Crippen molar-refractivity contribution in [1.82, 2.24) is 20.0 Å². The Kier molecular flexibility index (Phi) is 8.58. The molecule has 12 heteroatoms. The van der Waals surface area contributed by atoms with Crippen molar-refractivity contribution in [3.8, 4) is 11.3 Å². The van der Waals surface area contributed by atoms with Crippen LogP contribution in [-0.4, -0.2) is 34.0 Å². The van der Waals surface area contributed by atoms with E-state index in [2.05, 4.69) is 10.4 Å². The van der Waals surface area contributed by atoms with Crippen LogP contribution in [0, 0.1) is 10.7 Å². The zero-order chi connectivity index (χ0) is 28.1. The van der Waals surface area contributed by atoms with Gasteiger partial charge in [-0.25, -0.2) is 9.07 Å². The summed E-state index contributed by atoms with van der Waals surface area (Å²) in [5, 5.41) is 8.33. The van der Waals surface area contributed by atoms with E-state index in [-0.39, 0.29) is 22.8 Å². The third-order valence-corrected chi connectivity index (χ3v) is 6.67. The van der Waals surface area contributed by atoms with E-state index in [9.17, 15) is 23.7 Å². The summed E-state index contributed by atoms with van der Waals surface area (Å²) in [5.41, 5.74) is 1.30. The molecule has 0 saturated carbocycles. The number of aromatic nitrogens is 2. The maximum atomic E-state index is 13.7. The number of nitroso groups, excluding NO2 is 1. The number of hydrogen-bond donors (Lipinski definition) is 3. The molecule has 2 aromatic carbocycles. The van der Waals surface area contributed by atoms with E-state index in [1.807, 2.05) is 5.18 Å². The standard InChI is InChI=1S/C27H22Cl2FN5O4/c1-31-24(27(38)34(15-36)14-16-2-5-18(30)6-3-16)13-22-25(21-11-4-17(28)12-23(21)29)32-35(26(22)37)20-9-7-19(33-39)8-10-20/h2-9,11-13,15,20,31-32H,10,14H2,1H3/p+1/b24-13-. The number of rotatable bonds is 9. The molecule has 1 aliphatic rings. The van der Waals surface area contributed by atoms with Gasteiger partial charge in [0, 0.05) is 33.8 Å². The van der Waals surface area contributed by atoms with Crippen LogP contribution in [0.4, 0.5) is 4.39 Å². The third kappa shape index (κ3) is 6.08. The predicted octanol–water partition coefficient (Wildman–Crippen LogP) is 3.27. The number of halogens is 3. The van der Waals surface area contributed by atoms with E-state index < -0.39 is 23.3 Å². The lowest BCUT2D eigenvalue weighted by Crippen LogP contribution is -2.61. The van der Waals surface area contributed by atoms with Crippen LogP contribution >= 0.6 is 23.2 Å². The van der Waals surface area contributed by atoms with Crippen molar-refractivity contribution in [2.45, 2.75) is 19.0 Å². The van der Waals surface area contributed by atoms with Crippen molar-refractivity contribution in [3.05, 3.63) is 114 Å². The fraction of sp³-hybridized carbons (Fsp3) is 0.148. The maximum absolute atomic E-state index is 13.7. The Hall–Kier alpha value is -4.28. The van der Waals surface area contributed by atoms with E-state index in [0.29, 0.717) is 40.4 Å². The van der Waals surface area contributed by atoms with Gasteiger partial charge in [-0.1, -0.05) is 41.4 Å². The van der Waals surface area contributed by atoms with E-state index in [4.69, 9.17) is 23.2 Å². The molecule has 0 aliphatic heterocycles. The van der Waals surface area contributed by atoms with Crippen molar-refractivity contribution in [3.63, 3.8) is 0 Å². The fourth-order valence-corrected chi connectivity index (χ4v) is 4.60. The van der Waals surface area contributed by atoms with Crippen LogP contribution < -0.4 is 16.1 Å². The van der Waals surface area contributed by atoms with Crippen LogP contribution in [0.5, 0.6) is 0 Å². The molecular formula is C27H23Cl2FN5O4+. The number of nitrogens with one attached hydrogen (secondary N) is 3. The van der Waals surface area contributed by atoms with E-state index in [0.717, 1.165) is 4.90 Å². The first-order valence-corrected chi connectivity index (χ1v) is 12.5. The lowest BCUT2D eigenvalue weighted by molar-refractivity contribution is -0.416. The van der Waals surface area contributed by atoms with Crippen LogP contribution in [-0.2, 0) is 16.1 Å². The zero-order valence-electron chi connectivity index (χ0n) is 20.6. The second-order valence-electron chi connectivity index (χ2n) is 8.60. The normalized spacial score (nSPS) is 15.0. The topological polar surface area (TPSA) is 118 Å². The average molecular weight is 571 g/mol. The second kappa shape index (κ2) is 12.1. The SMILES string of the molecule is CN/C(=C\c1c(-c2ccc(Cl)cc2Cl)[nH]n(C2C=CC([NH+]=O)=CC2)c1=O)C(=O)N(C=O)Cc1ccc(F)cc1. The number of likely N-dealkylation sites (N-methyl/N-ethyl adjacent to an activating group) is 1. The molecule has 3 N–H and O–H groups in total. The molecule has 2 amide bonds. The highest BCUT2D eigenvalue weighted by atomic mass is 35.5. The second-order valence-corrected chi connectivity index (χ2v) is 9.44. The minimum absolute atomic E-state index is 0.0456. The summed E-state index contributed by atoms with van der Waals surface area (Å²) >= 11 is 12.5. The largest absolute Gasteiger partial charge is 0.384 e. The Morgan fingerprint density at radius 1 is 1.26 bits per heavy atom. The summed E-state index contributed by atoms with van der Waals surface area (Å²) in [7, 11) is 1.48. The lowest BCUT2D eigenvalue weighted by Gasteiger charge is -2.17. The number of benzene rings is 2. The molecule has 1 aliphatic carbocycles. The molecule has 3 aromatic rings. The molecule has 1 unspecified atom stereocenters. The lowest BCUT2D eigenvalue weighted by atomic mass is 10.1. The van der Waals surface area contributed by atoms with Gasteiger partial charge in [0.2, 0.25) is 12.1 Å². The number of amides is 2. The number of carbonyl (C=O) groups is 2. The molecule has 0 saturated heterocycles. The monoisotopic (exact) mass is 570 g/mol. The number of H-pyrrole nitrogens is 1. The molecule has 4 rings (SSSR count). The summed E-state index contributed by atoms with van der Waals surface area (Å²) in [4.78, 5) is 50.6. The van der Waals surface area contributed by atoms with Gasteiger partial charge in [-0.15, -0.1) is 0 Å². The first-order chi connectivity index (χ1) is 18.7. The summed E-state index contributed by atoms with van der Waals surface area (Å²) in [6.07, 6.45) is 6.98. The van der Waals surface area contributed by atoms with E-state index in [1.54, 1.807) is 30.4 Å². The van der Waals surface area contributed by atoms with Crippen molar-refractivity contribution in [1.29, 1.82) is 0 Å². The first-order valence-electron chi connectivity index (χ1n) is 11.7. The van der Waals surface area contributed by atoms with Crippen molar-refractivity contribution < 1.29 is 19.2 Å². The number of carbonyl (C=O) groups excluding carboxylic acids is 2. The third-order valence-electron chi connectivity index (χ3n) is 6.12. The van der Waals surface area contributed by atoms with Crippen molar-refractivity contribution in [2.24, 2.45) is 0 Å². The van der Waals surface area contributed by atoms with Gasteiger partial charge in [0.1, 0.15) is 11.5 Å². The van der Waals surface area contributed by atoms with Gasteiger partial charge in [0.05, 0.1) is 28.9 Å². The summed E-state index contributed by atoms with van der Waals surface area (Å²) in [6.45, 7) is -0.107. The Morgan fingerprint density at radius 2 is 2.00 bits per heavy atom. The smallest absolute Gasteiger partial charge is 0.276 e. The Balaban J connectivity index is 1.78. The summed E-state index contributed by atoms with van der Waals surface area (Å²) in [5.74, 6) is -1.15. The number of imide groups is 1. The predicted molar refractivity (Wildman–Crippen MR) is 146 cm³/mol. The molecular weight excluding hydrogens is 548 g/mol. The fourth-order valence-electron chi connectivity index (χ4n) is 4.09. The zero-order valence-corrected chi connectivity index (χ0v) is 22.1. The van der Waals surface area contributed by atoms with E-state index in [1.165, 1.54) is 48.1 Å². The minimum Gasteiger partial charge on any atom is -0.384 e. The highest BCUT2D eigenvalue weighted by Crippen LogP contribution is 2.32. The quantitative estimate of drug-likeness (QED) is 0.269. The average Bonchev–Trinajstić information content (AvgIpc) is 3.26. The van der Waals surface area contributed by atoms with Crippen LogP contribution in [0.2, 0.25) is 10.0 Å². The van der Waals surface area contributed by atoms with Crippen LogP contribution in [0.15, 0.2) is 76.9 Å². The molecule has 1 atom stereocenters. The first kappa shape index (κ1) is 27.7. The number of aromatic amines is 1. The molecule has 200 valence electrons. The van der Waals surface area contributed by atoms with Crippen LogP contribution in [0.3, 0.4) is 0 Å².